The van der Waals surface area contributed by atoms with E-state index in [0.29, 0.717) is 19.8 Å². The number of hydrogen-bond donors (Lipinski definition) is 0. The molecule has 0 fully saturated rings. The molecule has 0 N–H and O–H groups in total. The third-order valence-corrected chi connectivity index (χ3v) is 10.2. The van der Waals surface area contributed by atoms with Gasteiger partial charge in [0.05, 0.1) is 4.50 Å². The lowest BCUT2D eigenvalue weighted by Crippen LogP contribution is -2.55. The van der Waals surface area contributed by atoms with E-state index in [0.717, 1.165) is 32.0 Å². The molecule has 0 unspecified atom stereocenters. The van der Waals surface area contributed by atoms with E-state index in [1.807, 2.05) is 32.9 Å². The molecule has 0 spiro atoms. The van der Waals surface area contributed by atoms with E-state index in [2.05, 4.69) is 102 Å². The van der Waals surface area contributed by atoms with E-state index in [4.69, 9.17) is 13.3 Å². The fourth-order valence-corrected chi connectivity index (χ4v) is 8.18. The summed E-state index contributed by atoms with van der Waals surface area (Å²) in [5.74, 6) is 0. The summed E-state index contributed by atoms with van der Waals surface area (Å²) in [5.41, 5.74) is 4.51. The average molecular weight is 516 g/mol. The van der Waals surface area contributed by atoms with Crippen LogP contribution in [-0.2, 0) is 13.3 Å². The Bertz CT molecular complexity index is 1170. The van der Waals surface area contributed by atoms with Crippen LogP contribution in [0.1, 0.15) is 31.2 Å². The Balaban J connectivity index is 1.55. The van der Waals surface area contributed by atoms with Crippen LogP contribution in [0.3, 0.4) is 0 Å². The first kappa shape index (κ1) is 26.1. The summed E-state index contributed by atoms with van der Waals surface area (Å²) in [6.45, 7) is 7.62. The quantitative estimate of drug-likeness (QED) is 0.181. The predicted octanol–water partition coefficient (Wildman–Crippen LogP) is 7.64. The standard InChI is InChI=1S/C30H33NO3SSi/c1-4-32-36(33-5-2,34-6-3)30-24-23-29(35-30)22-19-25-17-20-28(21-18-25)31(26-13-9-7-10-14-26)27-15-11-8-12-16-27/h7-24H,4-6H2,1-3H3. The zero-order valence-corrected chi connectivity index (χ0v) is 22.9. The lowest BCUT2D eigenvalue weighted by Gasteiger charge is -2.27. The molecule has 0 saturated heterocycles. The molecule has 1 heterocycles. The number of benzene rings is 3. The molecule has 0 atom stereocenters. The van der Waals surface area contributed by atoms with E-state index in [9.17, 15) is 0 Å². The summed E-state index contributed by atoms with van der Waals surface area (Å²) in [4.78, 5) is 3.40. The molecule has 36 heavy (non-hydrogen) atoms. The molecule has 0 saturated carbocycles. The zero-order chi connectivity index (χ0) is 25.2. The number of hydrogen-bond acceptors (Lipinski definition) is 5. The summed E-state index contributed by atoms with van der Waals surface area (Å²) in [5, 5.41) is 0. The molecule has 0 radical (unpaired) electrons. The predicted molar refractivity (Wildman–Crippen MR) is 155 cm³/mol. The molecule has 0 aliphatic heterocycles. The molecule has 0 aliphatic rings. The van der Waals surface area contributed by atoms with Gasteiger partial charge in [0.2, 0.25) is 0 Å². The van der Waals surface area contributed by atoms with E-state index in [1.54, 1.807) is 11.3 Å². The Morgan fingerprint density at radius 2 is 1.11 bits per heavy atom. The van der Waals surface area contributed by atoms with Gasteiger partial charge in [-0.25, -0.2) is 0 Å². The van der Waals surface area contributed by atoms with Crippen LogP contribution in [0.15, 0.2) is 97.1 Å². The van der Waals surface area contributed by atoms with Gasteiger partial charge in [-0.1, -0.05) is 54.6 Å². The molecule has 3 aromatic carbocycles. The van der Waals surface area contributed by atoms with Crippen LogP contribution in [0.4, 0.5) is 17.1 Å². The minimum absolute atomic E-state index is 0.560. The fourth-order valence-electron chi connectivity index (χ4n) is 4.03. The maximum absolute atomic E-state index is 6.06. The van der Waals surface area contributed by atoms with Gasteiger partial charge in [-0.15, -0.1) is 11.3 Å². The third-order valence-electron chi connectivity index (χ3n) is 5.55. The minimum Gasteiger partial charge on any atom is -0.370 e. The van der Waals surface area contributed by atoms with Crippen molar-refractivity contribution in [2.24, 2.45) is 0 Å². The molecule has 4 aromatic rings. The molecule has 4 rings (SSSR count). The fraction of sp³-hybridized carbons (Fsp3) is 0.200. The van der Waals surface area contributed by atoms with Gasteiger partial charge in [0, 0.05) is 41.8 Å². The van der Waals surface area contributed by atoms with E-state index in [1.165, 1.54) is 0 Å². The van der Waals surface area contributed by atoms with E-state index < -0.39 is 8.80 Å². The molecular formula is C30H33NO3SSi. The zero-order valence-electron chi connectivity index (χ0n) is 21.1. The summed E-state index contributed by atoms with van der Waals surface area (Å²) < 4.78 is 19.2. The van der Waals surface area contributed by atoms with Gasteiger partial charge in [0.15, 0.2) is 0 Å². The SMILES string of the molecule is CCO[Si](OCC)(OCC)c1ccc(C=Cc2ccc(N(c3ccccc3)c3ccccc3)cc2)s1. The van der Waals surface area contributed by atoms with Gasteiger partial charge in [-0.2, -0.15) is 0 Å². The summed E-state index contributed by atoms with van der Waals surface area (Å²) >= 11 is 1.67. The van der Waals surface area contributed by atoms with Crippen LogP contribution in [0.2, 0.25) is 0 Å². The Morgan fingerprint density at radius 1 is 0.611 bits per heavy atom. The topological polar surface area (TPSA) is 30.9 Å². The van der Waals surface area contributed by atoms with Crippen molar-refractivity contribution < 1.29 is 13.3 Å². The molecule has 0 aliphatic carbocycles. The lowest BCUT2D eigenvalue weighted by atomic mass is 10.1. The van der Waals surface area contributed by atoms with Gasteiger partial charge in [0.1, 0.15) is 0 Å². The van der Waals surface area contributed by atoms with Crippen LogP contribution in [-0.4, -0.2) is 28.6 Å². The Labute approximate surface area is 219 Å². The van der Waals surface area contributed by atoms with Crippen molar-refractivity contribution in [2.45, 2.75) is 20.8 Å². The van der Waals surface area contributed by atoms with E-state index >= 15 is 0 Å². The van der Waals surface area contributed by atoms with Gasteiger partial charge < -0.3 is 18.2 Å². The van der Waals surface area contributed by atoms with Crippen molar-refractivity contribution in [3.63, 3.8) is 0 Å². The normalized spacial score (nSPS) is 11.8. The van der Waals surface area contributed by atoms with Crippen molar-refractivity contribution >= 4 is 53.9 Å². The number of anilines is 3. The summed E-state index contributed by atoms with van der Waals surface area (Å²) in [6.07, 6.45) is 4.28. The van der Waals surface area contributed by atoms with Crippen LogP contribution in [0, 0.1) is 0 Å². The first-order chi connectivity index (χ1) is 17.7. The first-order valence-corrected chi connectivity index (χ1v) is 14.9. The Morgan fingerprint density at radius 3 is 1.61 bits per heavy atom. The molecule has 1 aromatic heterocycles. The highest BCUT2D eigenvalue weighted by Crippen LogP contribution is 2.34. The van der Waals surface area contributed by atoms with Crippen molar-refractivity contribution in [3.8, 4) is 0 Å². The highest BCUT2D eigenvalue weighted by atomic mass is 32.1. The average Bonchev–Trinajstić information content (AvgIpc) is 3.40. The smallest absolute Gasteiger partial charge is 0.370 e. The van der Waals surface area contributed by atoms with Gasteiger partial charge in [-0.05, 0) is 80.9 Å². The maximum Gasteiger partial charge on any atom is 0.547 e. The van der Waals surface area contributed by atoms with Crippen molar-refractivity contribution in [1.82, 2.24) is 0 Å². The lowest BCUT2D eigenvalue weighted by molar-refractivity contribution is 0.0866. The molecule has 6 heteroatoms. The van der Waals surface area contributed by atoms with Crippen molar-refractivity contribution in [2.75, 3.05) is 24.7 Å². The highest BCUT2D eigenvalue weighted by molar-refractivity contribution is 7.24. The highest BCUT2D eigenvalue weighted by Gasteiger charge is 2.44. The summed E-state index contributed by atoms with van der Waals surface area (Å²) in [7, 11) is -2.86. The number of nitrogens with zero attached hydrogens (tertiary/aromatic N) is 1. The van der Waals surface area contributed by atoms with Crippen LogP contribution in [0.25, 0.3) is 12.2 Å². The molecule has 4 nitrogen and oxygen atoms in total. The second-order valence-corrected chi connectivity index (χ2v) is 12.0. The minimum atomic E-state index is -2.86. The van der Waals surface area contributed by atoms with Gasteiger partial charge in [0.25, 0.3) is 0 Å². The molecular weight excluding hydrogens is 482 g/mol. The van der Waals surface area contributed by atoms with E-state index in [-0.39, 0.29) is 0 Å². The second-order valence-electron chi connectivity index (χ2n) is 7.99. The Hall–Kier alpha value is -3.00. The van der Waals surface area contributed by atoms with Gasteiger partial charge >= 0.3 is 8.80 Å². The number of rotatable bonds is 12. The van der Waals surface area contributed by atoms with Crippen LogP contribution < -0.4 is 9.40 Å². The second kappa shape index (κ2) is 12.8. The van der Waals surface area contributed by atoms with Crippen LogP contribution in [0.5, 0.6) is 0 Å². The van der Waals surface area contributed by atoms with Crippen molar-refractivity contribution in [1.29, 1.82) is 0 Å². The number of thiophene rings is 1. The first-order valence-electron chi connectivity index (χ1n) is 12.4. The monoisotopic (exact) mass is 515 g/mol. The molecule has 0 bridgehead atoms. The maximum atomic E-state index is 6.06. The van der Waals surface area contributed by atoms with Crippen molar-refractivity contribution in [3.05, 3.63) is 108 Å². The Kier molecular flexibility index (Phi) is 9.27. The molecule has 0 amide bonds. The summed E-state index contributed by atoms with van der Waals surface area (Å²) in [6, 6.07) is 33.7. The largest absolute Gasteiger partial charge is 0.547 e. The molecule has 186 valence electrons. The third kappa shape index (κ3) is 6.21. The van der Waals surface area contributed by atoms with Gasteiger partial charge in [-0.3, -0.25) is 0 Å². The number of para-hydroxylation sites is 2. The van der Waals surface area contributed by atoms with Crippen LogP contribution >= 0.6 is 11.3 Å².